The Morgan fingerprint density at radius 2 is 2.26 bits per heavy atom. The first-order valence-corrected chi connectivity index (χ1v) is 6.15. The first-order valence-electron chi connectivity index (χ1n) is 6.15. The van der Waals surface area contributed by atoms with Crippen LogP contribution in [0.25, 0.3) is 11.5 Å². The highest BCUT2D eigenvalue weighted by molar-refractivity contribution is 5.56. The summed E-state index contributed by atoms with van der Waals surface area (Å²) < 4.78 is 5.55. The Bertz CT molecular complexity index is 531. The van der Waals surface area contributed by atoms with E-state index in [4.69, 9.17) is 9.52 Å². The molecule has 1 unspecified atom stereocenters. The van der Waals surface area contributed by atoms with Crippen molar-refractivity contribution >= 4 is 0 Å². The second kappa shape index (κ2) is 5.56. The molecule has 19 heavy (non-hydrogen) atoms. The second-order valence-corrected chi connectivity index (χ2v) is 4.94. The molecule has 0 saturated carbocycles. The molecule has 0 radical (unpaired) electrons. The molecule has 0 aromatic carbocycles. The average Bonchev–Trinajstić information content (AvgIpc) is 2.97. The first kappa shape index (κ1) is 13.8. The summed E-state index contributed by atoms with van der Waals surface area (Å²) in [6.45, 7) is 4.01. The van der Waals surface area contributed by atoms with Crippen molar-refractivity contribution in [1.82, 2.24) is 15.5 Å². The summed E-state index contributed by atoms with van der Waals surface area (Å²) in [4.78, 5) is 0. The second-order valence-electron chi connectivity index (χ2n) is 4.94. The van der Waals surface area contributed by atoms with Crippen LogP contribution in [-0.4, -0.2) is 39.2 Å². The summed E-state index contributed by atoms with van der Waals surface area (Å²) in [6.07, 6.45) is 1.72. The molecular formula is C13H19N3O3. The fourth-order valence-corrected chi connectivity index (χ4v) is 1.75. The molecule has 0 aliphatic heterocycles. The monoisotopic (exact) mass is 265 g/mol. The van der Waals surface area contributed by atoms with Crippen LogP contribution < -0.4 is 5.32 Å². The van der Waals surface area contributed by atoms with Gasteiger partial charge in [-0.2, -0.15) is 5.10 Å². The molecule has 6 heteroatoms. The largest absolute Gasteiger partial charge is 0.460 e. The Kier molecular flexibility index (Phi) is 4.04. The van der Waals surface area contributed by atoms with Crippen LogP contribution in [0, 0.1) is 6.92 Å². The number of furan rings is 1. The molecular weight excluding hydrogens is 246 g/mol. The van der Waals surface area contributed by atoms with E-state index in [-0.39, 0.29) is 6.61 Å². The van der Waals surface area contributed by atoms with Crippen LogP contribution in [0.1, 0.15) is 18.2 Å². The third-order valence-corrected chi connectivity index (χ3v) is 2.87. The Hall–Kier alpha value is -1.63. The smallest absolute Gasteiger partial charge is 0.152 e. The lowest BCUT2D eigenvalue weighted by atomic mass is 10.1. The van der Waals surface area contributed by atoms with Gasteiger partial charge in [0.2, 0.25) is 0 Å². The molecule has 0 spiro atoms. The van der Waals surface area contributed by atoms with Gasteiger partial charge in [-0.1, -0.05) is 0 Å². The summed E-state index contributed by atoms with van der Waals surface area (Å²) >= 11 is 0. The summed E-state index contributed by atoms with van der Waals surface area (Å²) in [5, 5.41) is 28.6. The zero-order valence-corrected chi connectivity index (χ0v) is 11.1. The van der Waals surface area contributed by atoms with Crippen molar-refractivity contribution in [3.8, 4) is 11.5 Å². The van der Waals surface area contributed by atoms with E-state index in [9.17, 15) is 5.11 Å². The number of rotatable bonds is 6. The lowest BCUT2D eigenvalue weighted by Gasteiger charge is -2.20. The van der Waals surface area contributed by atoms with Gasteiger partial charge in [0.05, 0.1) is 18.4 Å². The molecule has 104 valence electrons. The number of hydrogen-bond donors (Lipinski definition) is 4. The standard InChI is InChI=1S/C13H19N3O3/c1-9-3-4-11(19-9)12-10(6-15-16-12)5-14-7-13(2,18)8-17/h3-4,6,14,17-18H,5,7-8H2,1-2H3,(H,15,16). The van der Waals surface area contributed by atoms with Gasteiger partial charge in [-0.25, -0.2) is 0 Å². The van der Waals surface area contributed by atoms with Gasteiger partial charge in [-0.05, 0) is 26.0 Å². The molecule has 0 aliphatic rings. The maximum absolute atomic E-state index is 9.69. The predicted molar refractivity (Wildman–Crippen MR) is 70.4 cm³/mol. The molecule has 0 amide bonds. The Labute approximate surface area is 111 Å². The van der Waals surface area contributed by atoms with Gasteiger partial charge in [-0.15, -0.1) is 0 Å². The van der Waals surface area contributed by atoms with E-state index in [1.807, 2.05) is 19.1 Å². The van der Waals surface area contributed by atoms with Crippen LogP contribution in [0.3, 0.4) is 0 Å². The maximum atomic E-state index is 9.69. The third-order valence-electron chi connectivity index (χ3n) is 2.87. The maximum Gasteiger partial charge on any atom is 0.152 e. The lowest BCUT2D eigenvalue weighted by molar-refractivity contribution is 0.00254. The highest BCUT2D eigenvalue weighted by Crippen LogP contribution is 2.23. The summed E-state index contributed by atoms with van der Waals surface area (Å²) in [5.41, 5.74) is 0.651. The van der Waals surface area contributed by atoms with E-state index >= 15 is 0 Å². The van der Waals surface area contributed by atoms with Crippen LogP contribution in [0.2, 0.25) is 0 Å². The highest BCUT2D eigenvalue weighted by Gasteiger charge is 2.18. The zero-order valence-electron chi connectivity index (χ0n) is 11.1. The van der Waals surface area contributed by atoms with Crippen molar-refractivity contribution < 1.29 is 14.6 Å². The summed E-state index contributed by atoms with van der Waals surface area (Å²) in [7, 11) is 0. The topological polar surface area (TPSA) is 94.3 Å². The van der Waals surface area contributed by atoms with Gasteiger partial charge in [0.1, 0.15) is 11.5 Å². The Balaban J connectivity index is 2.01. The summed E-state index contributed by atoms with van der Waals surface area (Å²) in [6, 6.07) is 3.78. The molecule has 2 heterocycles. The minimum atomic E-state index is -1.12. The first-order chi connectivity index (χ1) is 9.02. The van der Waals surface area contributed by atoms with Crippen molar-refractivity contribution in [1.29, 1.82) is 0 Å². The molecule has 6 nitrogen and oxygen atoms in total. The van der Waals surface area contributed by atoms with Gasteiger partial charge in [-0.3, -0.25) is 5.10 Å². The molecule has 2 aromatic rings. The highest BCUT2D eigenvalue weighted by atomic mass is 16.3. The quantitative estimate of drug-likeness (QED) is 0.620. The minimum absolute atomic E-state index is 0.282. The van der Waals surface area contributed by atoms with Crippen molar-refractivity contribution in [2.75, 3.05) is 13.2 Å². The number of aromatic amines is 1. The van der Waals surface area contributed by atoms with Gasteiger partial charge < -0.3 is 19.9 Å². The number of aryl methyl sites for hydroxylation is 1. The van der Waals surface area contributed by atoms with E-state index in [0.29, 0.717) is 13.1 Å². The molecule has 0 aliphatic carbocycles. The van der Waals surface area contributed by atoms with Gasteiger partial charge in [0, 0.05) is 18.7 Å². The minimum Gasteiger partial charge on any atom is -0.460 e. The average molecular weight is 265 g/mol. The Morgan fingerprint density at radius 1 is 1.47 bits per heavy atom. The molecule has 0 saturated heterocycles. The van der Waals surface area contributed by atoms with E-state index in [1.165, 1.54) is 0 Å². The summed E-state index contributed by atoms with van der Waals surface area (Å²) in [5.74, 6) is 1.58. The van der Waals surface area contributed by atoms with Crippen LogP contribution in [0.15, 0.2) is 22.7 Å². The van der Waals surface area contributed by atoms with E-state index in [1.54, 1.807) is 13.1 Å². The van der Waals surface area contributed by atoms with Crippen LogP contribution in [-0.2, 0) is 6.54 Å². The molecule has 1 atom stereocenters. The Morgan fingerprint density at radius 3 is 2.89 bits per heavy atom. The number of hydrogen-bond acceptors (Lipinski definition) is 5. The fraction of sp³-hybridized carbons (Fsp3) is 0.462. The van der Waals surface area contributed by atoms with Crippen LogP contribution in [0.4, 0.5) is 0 Å². The fourth-order valence-electron chi connectivity index (χ4n) is 1.75. The number of nitrogens with one attached hydrogen (secondary N) is 2. The third kappa shape index (κ3) is 3.44. The van der Waals surface area contributed by atoms with Crippen molar-refractivity contribution in [3.63, 3.8) is 0 Å². The number of aliphatic hydroxyl groups excluding tert-OH is 1. The van der Waals surface area contributed by atoms with Crippen molar-refractivity contribution in [2.24, 2.45) is 0 Å². The van der Waals surface area contributed by atoms with Crippen molar-refractivity contribution in [3.05, 3.63) is 29.7 Å². The molecule has 0 fully saturated rings. The molecule has 2 aromatic heterocycles. The molecule has 2 rings (SSSR count). The number of aliphatic hydroxyl groups is 2. The van der Waals surface area contributed by atoms with Crippen LogP contribution >= 0.6 is 0 Å². The van der Waals surface area contributed by atoms with Crippen molar-refractivity contribution in [2.45, 2.75) is 26.0 Å². The van der Waals surface area contributed by atoms with Crippen LogP contribution in [0.5, 0.6) is 0 Å². The van der Waals surface area contributed by atoms with E-state index in [0.717, 1.165) is 22.8 Å². The number of H-pyrrole nitrogens is 1. The zero-order chi connectivity index (χ0) is 13.9. The SMILES string of the molecule is Cc1ccc(-c2[nH]ncc2CNCC(C)(O)CO)o1. The van der Waals surface area contributed by atoms with E-state index < -0.39 is 5.60 Å². The normalized spacial score (nSPS) is 14.5. The van der Waals surface area contributed by atoms with Gasteiger partial charge in [0.15, 0.2) is 5.76 Å². The van der Waals surface area contributed by atoms with Gasteiger partial charge >= 0.3 is 0 Å². The predicted octanol–water partition coefficient (Wildman–Crippen LogP) is 0.811. The van der Waals surface area contributed by atoms with E-state index in [2.05, 4.69) is 15.5 Å². The molecule has 4 N–H and O–H groups in total. The molecule has 0 bridgehead atoms. The van der Waals surface area contributed by atoms with Gasteiger partial charge in [0.25, 0.3) is 0 Å². The number of aromatic nitrogens is 2. The lowest BCUT2D eigenvalue weighted by Crippen LogP contribution is -2.40. The number of nitrogens with zero attached hydrogens (tertiary/aromatic N) is 1.